The molecule has 0 radical (unpaired) electrons. The molecule has 1 N–H and O–H groups in total. The zero-order valence-electron chi connectivity index (χ0n) is 11.2. The molecule has 0 spiro atoms. The first-order chi connectivity index (χ1) is 7.58. The molecule has 0 aromatic heterocycles. The van der Waals surface area contributed by atoms with Gasteiger partial charge in [0, 0.05) is 18.1 Å². The highest BCUT2D eigenvalue weighted by molar-refractivity contribution is 4.96. The van der Waals surface area contributed by atoms with Crippen molar-refractivity contribution in [3.63, 3.8) is 0 Å². The van der Waals surface area contributed by atoms with Gasteiger partial charge in [-0.25, -0.2) is 0 Å². The molecule has 0 aromatic rings. The lowest BCUT2D eigenvalue weighted by molar-refractivity contribution is -0.0851. The van der Waals surface area contributed by atoms with E-state index in [0.29, 0.717) is 5.92 Å². The molecule has 0 bridgehead atoms. The topological polar surface area (TPSA) is 32.7 Å². The zero-order chi connectivity index (χ0) is 12.2. The van der Waals surface area contributed by atoms with Crippen molar-refractivity contribution in [2.45, 2.75) is 51.2 Å². The largest absolute Gasteiger partial charge is 0.391 e. The summed E-state index contributed by atoms with van der Waals surface area (Å²) in [5.74, 6) is 0.302. The summed E-state index contributed by atoms with van der Waals surface area (Å²) >= 11 is 0. The predicted octanol–water partition coefficient (Wildman–Crippen LogP) is 1.89. The number of aliphatic hydroxyl groups excluding tert-OH is 1. The quantitative estimate of drug-likeness (QED) is 0.781. The van der Waals surface area contributed by atoms with Gasteiger partial charge in [0.05, 0.1) is 12.7 Å². The first kappa shape index (κ1) is 13.9. The molecule has 1 aliphatic rings. The molecule has 0 amide bonds. The Morgan fingerprint density at radius 2 is 2.00 bits per heavy atom. The molecule has 0 saturated carbocycles. The maximum Gasteiger partial charge on any atom is 0.0773 e. The highest BCUT2D eigenvalue weighted by Crippen LogP contribution is 2.33. The van der Waals surface area contributed by atoms with Crippen LogP contribution in [-0.2, 0) is 4.74 Å². The molecule has 2 atom stereocenters. The van der Waals surface area contributed by atoms with E-state index in [2.05, 4.69) is 32.8 Å². The number of likely N-dealkylation sites (N-methyl/N-ethyl adjacent to an activating group) is 1. The Morgan fingerprint density at radius 3 is 2.38 bits per heavy atom. The van der Waals surface area contributed by atoms with Gasteiger partial charge in [-0.1, -0.05) is 13.8 Å². The average Bonchev–Trinajstić information content (AvgIpc) is 2.32. The van der Waals surface area contributed by atoms with Crippen molar-refractivity contribution < 1.29 is 9.84 Å². The molecule has 1 aliphatic heterocycles. The van der Waals surface area contributed by atoms with Gasteiger partial charge in [0.2, 0.25) is 0 Å². The van der Waals surface area contributed by atoms with Crippen LogP contribution >= 0.6 is 0 Å². The molecule has 3 nitrogen and oxygen atoms in total. The number of nitrogens with zero attached hydrogens (tertiary/aromatic N) is 1. The fourth-order valence-electron chi connectivity index (χ4n) is 3.02. The number of rotatable bonds is 5. The van der Waals surface area contributed by atoms with Crippen LogP contribution < -0.4 is 0 Å². The Kier molecular flexibility index (Phi) is 5.22. The van der Waals surface area contributed by atoms with E-state index in [-0.39, 0.29) is 11.6 Å². The van der Waals surface area contributed by atoms with E-state index < -0.39 is 0 Å². The second kappa shape index (κ2) is 5.99. The van der Waals surface area contributed by atoms with Gasteiger partial charge in [0.25, 0.3) is 0 Å². The Balaban J connectivity index is 2.76. The maximum absolute atomic E-state index is 10.6. The van der Waals surface area contributed by atoms with Crippen molar-refractivity contribution in [1.29, 1.82) is 0 Å². The van der Waals surface area contributed by atoms with Gasteiger partial charge in [-0.2, -0.15) is 0 Å². The third-order valence-corrected chi connectivity index (χ3v) is 4.31. The minimum absolute atomic E-state index is 0.0919. The molecule has 16 heavy (non-hydrogen) atoms. The standard InChI is InChI=1S/C13H27NO2/c1-5-13(6-2,14(3)4)12(15)11-8-7-9-16-10-11/h11-12,15H,5-10H2,1-4H3. The van der Waals surface area contributed by atoms with Gasteiger partial charge in [0.1, 0.15) is 0 Å². The van der Waals surface area contributed by atoms with E-state index in [1.165, 1.54) is 0 Å². The molecule has 3 heteroatoms. The summed E-state index contributed by atoms with van der Waals surface area (Å²) in [6, 6.07) is 0. The van der Waals surface area contributed by atoms with Crippen molar-refractivity contribution >= 4 is 0 Å². The van der Waals surface area contributed by atoms with Crippen molar-refractivity contribution in [2.24, 2.45) is 5.92 Å². The summed E-state index contributed by atoms with van der Waals surface area (Å²) in [6.45, 7) is 5.90. The monoisotopic (exact) mass is 229 g/mol. The first-order valence-corrected chi connectivity index (χ1v) is 6.51. The molecule has 2 unspecified atom stereocenters. The van der Waals surface area contributed by atoms with Crippen LogP contribution in [0.25, 0.3) is 0 Å². The Morgan fingerprint density at radius 1 is 1.38 bits per heavy atom. The summed E-state index contributed by atoms with van der Waals surface area (Å²) in [7, 11) is 4.14. The van der Waals surface area contributed by atoms with Crippen molar-refractivity contribution in [3.8, 4) is 0 Å². The molecule has 1 heterocycles. The van der Waals surface area contributed by atoms with E-state index in [1.807, 2.05) is 0 Å². The van der Waals surface area contributed by atoms with E-state index in [4.69, 9.17) is 4.74 Å². The summed E-state index contributed by atoms with van der Waals surface area (Å²) in [4.78, 5) is 2.19. The third kappa shape index (κ3) is 2.58. The molecular weight excluding hydrogens is 202 g/mol. The molecule has 96 valence electrons. The minimum atomic E-state index is -0.280. The van der Waals surface area contributed by atoms with Crippen LogP contribution in [0.5, 0.6) is 0 Å². The number of ether oxygens (including phenoxy) is 1. The fourth-order valence-corrected chi connectivity index (χ4v) is 3.02. The van der Waals surface area contributed by atoms with Gasteiger partial charge in [-0.3, -0.25) is 0 Å². The van der Waals surface area contributed by atoms with Gasteiger partial charge >= 0.3 is 0 Å². The van der Waals surface area contributed by atoms with E-state index in [0.717, 1.165) is 38.9 Å². The van der Waals surface area contributed by atoms with Gasteiger partial charge < -0.3 is 14.7 Å². The van der Waals surface area contributed by atoms with Crippen LogP contribution in [0.4, 0.5) is 0 Å². The maximum atomic E-state index is 10.6. The summed E-state index contributed by atoms with van der Waals surface area (Å²) in [6.07, 6.45) is 3.86. The second-order valence-corrected chi connectivity index (χ2v) is 5.13. The third-order valence-electron chi connectivity index (χ3n) is 4.31. The Labute approximate surface area is 99.8 Å². The summed E-state index contributed by atoms with van der Waals surface area (Å²) in [5.41, 5.74) is -0.0919. The molecular formula is C13H27NO2. The molecule has 1 saturated heterocycles. The SMILES string of the molecule is CCC(CC)(C(O)C1CCCOC1)N(C)C. The summed E-state index contributed by atoms with van der Waals surface area (Å²) < 4.78 is 5.49. The normalized spacial score (nSPS) is 24.8. The molecule has 0 aromatic carbocycles. The highest BCUT2D eigenvalue weighted by atomic mass is 16.5. The fraction of sp³-hybridized carbons (Fsp3) is 1.00. The minimum Gasteiger partial charge on any atom is -0.391 e. The van der Waals surface area contributed by atoms with Crippen LogP contribution in [0.1, 0.15) is 39.5 Å². The molecule has 0 aliphatic carbocycles. The lowest BCUT2D eigenvalue weighted by Crippen LogP contribution is -2.56. The van der Waals surface area contributed by atoms with Crippen LogP contribution in [-0.4, -0.2) is 49.0 Å². The van der Waals surface area contributed by atoms with Crippen LogP contribution in [0.3, 0.4) is 0 Å². The van der Waals surface area contributed by atoms with Gasteiger partial charge in [0.15, 0.2) is 0 Å². The first-order valence-electron chi connectivity index (χ1n) is 6.51. The van der Waals surface area contributed by atoms with E-state index >= 15 is 0 Å². The van der Waals surface area contributed by atoms with Crippen LogP contribution in [0, 0.1) is 5.92 Å². The van der Waals surface area contributed by atoms with Crippen molar-refractivity contribution in [1.82, 2.24) is 4.90 Å². The number of hydrogen-bond acceptors (Lipinski definition) is 3. The van der Waals surface area contributed by atoms with Crippen molar-refractivity contribution in [2.75, 3.05) is 27.3 Å². The zero-order valence-corrected chi connectivity index (χ0v) is 11.2. The summed E-state index contributed by atoms with van der Waals surface area (Å²) in [5, 5.41) is 10.6. The lowest BCUT2D eigenvalue weighted by atomic mass is 9.77. The number of aliphatic hydroxyl groups is 1. The van der Waals surface area contributed by atoms with Crippen LogP contribution in [0.15, 0.2) is 0 Å². The predicted molar refractivity (Wildman–Crippen MR) is 66.5 cm³/mol. The molecule has 1 rings (SSSR count). The van der Waals surface area contributed by atoms with E-state index in [9.17, 15) is 5.11 Å². The Bertz CT molecular complexity index is 196. The van der Waals surface area contributed by atoms with Crippen molar-refractivity contribution in [3.05, 3.63) is 0 Å². The molecule has 1 fully saturated rings. The van der Waals surface area contributed by atoms with Crippen LogP contribution in [0.2, 0.25) is 0 Å². The second-order valence-electron chi connectivity index (χ2n) is 5.13. The van der Waals surface area contributed by atoms with E-state index in [1.54, 1.807) is 0 Å². The lowest BCUT2D eigenvalue weighted by Gasteiger charge is -2.46. The van der Waals surface area contributed by atoms with Gasteiger partial charge in [-0.15, -0.1) is 0 Å². The van der Waals surface area contributed by atoms with Gasteiger partial charge in [-0.05, 0) is 39.8 Å². The average molecular weight is 229 g/mol. The Hall–Kier alpha value is -0.120. The number of hydrogen-bond donors (Lipinski definition) is 1. The highest BCUT2D eigenvalue weighted by Gasteiger charge is 2.41. The smallest absolute Gasteiger partial charge is 0.0773 e.